The number of benzene rings is 4. The molecular weight excluding hydrogens is 735 g/mol. The molecule has 0 saturated carbocycles. The molecule has 9 heteroatoms. The summed E-state index contributed by atoms with van der Waals surface area (Å²) in [4.78, 5) is 0. The molecule has 0 bridgehead atoms. The lowest BCUT2D eigenvalue weighted by Gasteiger charge is -2.22. The SMILES string of the molecule is CCCC(C)c1cc(OC)cc(-c2cc(OC)cc(C(C)CCC)c2Op2oc3c(C(C)CCC)cc(OC)cc3c3cc(OC)cc(C(C)CCC)c3o2)c1O. The summed E-state index contributed by atoms with van der Waals surface area (Å²) in [5.41, 5.74) is 6.52. The third-order valence-corrected chi connectivity index (χ3v) is 12.4. The van der Waals surface area contributed by atoms with Crippen LogP contribution in [0.5, 0.6) is 34.5 Å². The van der Waals surface area contributed by atoms with Gasteiger partial charge in [-0.15, -0.1) is 0 Å². The van der Waals surface area contributed by atoms with Crippen LogP contribution in [0.1, 0.15) is 153 Å². The van der Waals surface area contributed by atoms with E-state index in [1.165, 1.54) is 0 Å². The highest BCUT2D eigenvalue weighted by molar-refractivity contribution is 7.32. The van der Waals surface area contributed by atoms with E-state index in [1.807, 2.05) is 36.4 Å². The molecule has 0 aliphatic rings. The van der Waals surface area contributed by atoms with Crippen molar-refractivity contribution >= 4 is 30.2 Å². The number of aromatic hydroxyl groups is 1. The number of phenolic OH excluding ortho intramolecular Hbond substituents is 1. The molecule has 0 amide bonds. The Morgan fingerprint density at radius 1 is 0.491 bits per heavy atom. The van der Waals surface area contributed by atoms with Gasteiger partial charge in [-0.05, 0) is 97.9 Å². The predicted octanol–water partition coefficient (Wildman–Crippen LogP) is 15.2. The first kappa shape index (κ1) is 43.7. The number of phenols is 1. The van der Waals surface area contributed by atoms with E-state index in [0.717, 1.165) is 95.9 Å². The zero-order valence-electron chi connectivity index (χ0n) is 36.3. The fourth-order valence-electron chi connectivity index (χ4n) is 8.19. The summed E-state index contributed by atoms with van der Waals surface area (Å²) in [6.45, 7) is 17.5. The molecule has 57 heavy (non-hydrogen) atoms. The van der Waals surface area contributed by atoms with Crippen LogP contribution in [0.4, 0.5) is 0 Å². The average Bonchev–Trinajstić information content (AvgIpc) is 3.36. The molecule has 4 unspecified atom stereocenters. The smallest absolute Gasteiger partial charge is 0.453 e. The monoisotopic (exact) mass is 800 g/mol. The number of fused-ring (bicyclic) bond motifs is 3. The third kappa shape index (κ3) is 9.49. The first-order chi connectivity index (χ1) is 27.5. The topological polar surface area (TPSA) is 92.7 Å². The van der Waals surface area contributed by atoms with E-state index in [2.05, 4.69) is 67.5 Å². The van der Waals surface area contributed by atoms with Gasteiger partial charge >= 0.3 is 8.24 Å². The summed E-state index contributed by atoms with van der Waals surface area (Å²) in [5, 5.41) is 13.9. The van der Waals surface area contributed by atoms with Crippen LogP contribution in [0.2, 0.25) is 0 Å². The molecule has 4 atom stereocenters. The Labute approximate surface area is 341 Å². The molecule has 5 aromatic rings. The van der Waals surface area contributed by atoms with E-state index < -0.39 is 8.24 Å². The Bertz CT molecular complexity index is 2090. The second-order valence-electron chi connectivity index (χ2n) is 15.6. The fraction of sp³-hybridized carbons (Fsp3) is 0.500. The Morgan fingerprint density at radius 2 is 0.842 bits per heavy atom. The summed E-state index contributed by atoms with van der Waals surface area (Å²) in [7, 11) is 4.60. The first-order valence-corrected chi connectivity index (χ1v) is 22.0. The fourth-order valence-corrected chi connectivity index (χ4v) is 9.36. The van der Waals surface area contributed by atoms with Crippen molar-refractivity contribution in [1.82, 2.24) is 0 Å². The standard InChI is InChI=1S/C48H65O8P/c1-13-17-29(5)37-21-33(50-9)25-41(45(37)49)42-26-34(51-10)22-38(30(6)18-14-2)46(42)54-57-55-47-39(31(7)19-15-3)23-35(52-11)27-43(47)44-28-36(53-12)24-40(48(44)56-57)32(8)20-16-4/h21-32,49H,13-20H2,1-12H3. The number of hydrogen-bond acceptors (Lipinski definition) is 8. The molecule has 1 heterocycles. The van der Waals surface area contributed by atoms with Crippen LogP contribution in [0.25, 0.3) is 33.1 Å². The second-order valence-corrected chi connectivity index (χ2v) is 16.6. The summed E-state index contributed by atoms with van der Waals surface area (Å²) < 4.78 is 45.2. The minimum atomic E-state index is -2.13. The summed E-state index contributed by atoms with van der Waals surface area (Å²) in [6.07, 6.45) is 7.72. The maximum absolute atomic E-state index is 12.2. The van der Waals surface area contributed by atoms with Crippen molar-refractivity contribution in [3.05, 3.63) is 70.8 Å². The normalized spacial score (nSPS) is 13.9. The van der Waals surface area contributed by atoms with E-state index >= 15 is 0 Å². The van der Waals surface area contributed by atoms with Crippen molar-refractivity contribution in [1.29, 1.82) is 0 Å². The van der Waals surface area contributed by atoms with E-state index in [9.17, 15) is 5.11 Å². The highest BCUT2D eigenvalue weighted by Crippen LogP contribution is 2.52. The largest absolute Gasteiger partial charge is 0.507 e. The van der Waals surface area contributed by atoms with Crippen LogP contribution in [0, 0.1) is 0 Å². The van der Waals surface area contributed by atoms with Gasteiger partial charge in [-0.1, -0.05) is 81.1 Å². The van der Waals surface area contributed by atoms with Gasteiger partial charge in [0.25, 0.3) is 0 Å². The van der Waals surface area contributed by atoms with Gasteiger partial charge in [0.15, 0.2) is 0 Å². The number of ether oxygens (including phenoxy) is 4. The van der Waals surface area contributed by atoms with Gasteiger partial charge in [-0.3, -0.25) is 0 Å². The average molecular weight is 801 g/mol. The molecule has 5 rings (SSSR count). The Balaban J connectivity index is 1.97. The van der Waals surface area contributed by atoms with E-state index in [4.69, 9.17) is 31.9 Å². The lowest BCUT2D eigenvalue weighted by atomic mass is 9.88. The van der Waals surface area contributed by atoms with Gasteiger partial charge in [-0.25, -0.2) is 0 Å². The quantitative estimate of drug-likeness (QED) is 0.0882. The van der Waals surface area contributed by atoms with Gasteiger partial charge in [0.1, 0.15) is 45.7 Å². The van der Waals surface area contributed by atoms with Gasteiger partial charge in [-0.2, -0.15) is 0 Å². The highest BCUT2D eigenvalue weighted by atomic mass is 31.1. The van der Waals surface area contributed by atoms with E-state index in [0.29, 0.717) is 39.5 Å². The maximum Gasteiger partial charge on any atom is 0.453 e. The molecular formula is C48H65O8P. The molecule has 0 radical (unpaired) electrons. The van der Waals surface area contributed by atoms with Gasteiger partial charge in [0.05, 0.1) is 28.4 Å². The molecule has 0 fully saturated rings. The van der Waals surface area contributed by atoms with Crippen molar-refractivity contribution < 1.29 is 37.0 Å². The minimum absolute atomic E-state index is 0.0837. The van der Waals surface area contributed by atoms with Crippen LogP contribution < -0.4 is 23.5 Å². The molecule has 0 aliphatic carbocycles. The lowest BCUT2D eigenvalue weighted by molar-refractivity contribution is 0.408. The van der Waals surface area contributed by atoms with Crippen LogP contribution >= 0.6 is 8.24 Å². The number of rotatable bonds is 19. The molecule has 1 aromatic heterocycles. The predicted molar refractivity (Wildman–Crippen MR) is 235 cm³/mol. The minimum Gasteiger partial charge on any atom is -0.507 e. The first-order valence-electron chi connectivity index (χ1n) is 20.9. The zero-order chi connectivity index (χ0) is 41.4. The van der Waals surface area contributed by atoms with Gasteiger partial charge in [0, 0.05) is 44.2 Å². The molecule has 0 spiro atoms. The second kappa shape index (κ2) is 19.8. The summed E-state index contributed by atoms with van der Waals surface area (Å²) in [6, 6.07) is 16.0. The van der Waals surface area contributed by atoms with Gasteiger partial charge in [0.2, 0.25) is 0 Å². The van der Waals surface area contributed by atoms with Crippen molar-refractivity contribution in [3.63, 3.8) is 0 Å². The number of hydrogen-bond donors (Lipinski definition) is 1. The van der Waals surface area contributed by atoms with Crippen molar-refractivity contribution in [2.24, 2.45) is 0 Å². The van der Waals surface area contributed by atoms with Crippen molar-refractivity contribution in [2.75, 3.05) is 28.4 Å². The Morgan fingerprint density at radius 3 is 1.26 bits per heavy atom. The van der Waals surface area contributed by atoms with Crippen LogP contribution in [0.15, 0.2) is 56.9 Å². The van der Waals surface area contributed by atoms with Crippen LogP contribution in [-0.4, -0.2) is 33.5 Å². The highest BCUT2D eigenvalue weighted by Gasteiger charge is 2.27. The maximum atomic E-state index is 12.2. The van der Waals surface area contributed by atoms with Crippen LogP contribution in [-0.2, 0) is 0 Å². The zero-order valence-corrected chi connectivity index (χ0v) is 37.2. The van der Waals surface area contributed by atoms with E-state index in [-0.39, 0.29) is 29.4 Å². The molecule has 0 aliphatic heterocycles. The van der Waals surface area contributed by atoms with Crippen LogP contribution in [0.3, 0.4) is 0 Å². The summed E-state index contributed by atoms with van der Waals surface area (Å²) >= 11 is 0. The summed E-state index contributed by atoms with van der Waals surface area (Å²) in [5.74, 6) is 4.09. The Kier molecular flexibility index (Phi) is 15.2. The molecule has 310 valence electrons. The lowest BCUT2D eigenvalue weighted by Crippen LogP contribution is -2.02. The van der Waals surface area contributed by atoms with Crippen molar-refractivity contribution in [2.45, 2.75) is 130 Å². The van der Waals surface area contributed by atoms with Crippen molar-refractivity contribution in [3.8, 4) is 45.6 Å². The molecule has 1 N–H and O–H groups in total. The number of methoxy groups -OCH3 is 4. The van der Waals surface area contributed by atoms with Gasteiger partial charge < -0.3 is 37.0 Å². The third-order valence-electron chi connectivity index (χ3n) is 11.4. The molecule has 4 aromatic carbocycles. The van der Waals surface area contributed by atoms with E-state index in [1.54, 1.807) is 28.4 Å². The molecule has 0 saturated heterocycles. The molecule has 8 nitrogen and oxygen atoms in total. The Hall–Kier alpha value is -4.42.